The summed E-state index contributed by atoms with van der Waals surface area (Å²) >= 11 is 0. The number of hydrogen-bond acceptors (Lipinski definition) is 5. The molecule has 0 bridgehead atoms. The maximum atomic E-state index is 11.4. The van der Waals surface area contributed by atoms with Crippen molar-refractivity contribution in [2.75, 3.05) is 25.5 Å². The fourth-order valence-electron chi connectivity index (χ4n) is 0.966. The van der Waals surface area contributed by atoms with E-state index < -0.39 is 0 Å². The van der Waals surface area contributed by atoms with Gasteiger partial charge >= 0.3 is 0 Å². The van der Waals surface area contributed by atoms with Gasteiger partial charge in [-0.05, 0) is 6.42 Å². The Morgan fingerprint density at radius 3 is 3.06 bits per heavy atom. The van der Waals surface area contributed by atoms with E-state index in [0.29, 0.717) is 19.8 Å². The molecule has 7 heteroatoms. The van der Waals surface area contributed by atoms with E-state index in [9.17, 15) is 4.79 Å². The van der Waals surface area contributed by atoms with Crippen LogP contribution in [0.1, 0.15) is 17.0 Å². The molecule has 16 heavy (non-hydrogen) atoms. The summed E-state index contributed by atoms with van der Waals surface area (Å²) in [6.45, 7) is 5.03. The summed E-state index contributed by atoms with van der Waals surface area (Å²) in [6.07, 6.45) is 2.57. The Bertz CT molecular complexity index is 349. The number of hydrogen-bond donors (Lipinski definition) is 3. The summed E-state index contributed by atoms with van der Waals surface area (Å²) in [5, 5.41) is 8.57. The summed E-state index contributed by atoms with van der Waals surface area (Å²) in [4.78, 5) is 15.1. The van der Waals surface area contributed by atoms with E-state index >= 15 is 0 Å². The predicted molar refractivity (Wildman–Crippen MR) is 58.8 cm³/mol. The lowest BCUT2D eigenvalue weighted by molar-refractivity contribution is 0.0908. The number of rotatable bonds is 7. The van der Waals surface area contributed by atoms with E-state index in [0.717, 1.165) is 6.42 Å². The average Bonchev–Trinajstić information content (AvgIpc) is 2.70. The van der Waals surface area contributed by atoms with Crippen molar-refractivity contribution < 1.29 is 9.53 Å². The first-order valence-electron chi connectivity index (χ1n) is 4.88. The number of H-pyrrole nitrogens is 1. The van der Waals surface area contributed by atoms with Gasteiger partial charge in [-0.2, -0.15) is 4.98 Å². The summed E-state index contributed by atoms with van der Waals surface area (Å²) in [5.41, 5.74) is 5.26. The SMILES string of the molecule is C=CCCOCCNC(=O)c1nc(N)n[nH]1. The summed E-state index contributed by atoms with van der Waals surface area (Å²) < 4.78 is 5.21. The molecular weight excluding hydrogens is 210 g/mol. The van der Waals surface area contributed by atoms with Crippen LogP contribution in [0.15, 0.2) is 12.7 Å². The first-order chi connectivity index (χ1) is 7.74. The number of nitrogen functional groups attached to an aromatic ring is 1. The number of nitrogens with zero attached hydrogens (tertiary/aromatic N) is 2. The third kappa shape index (κ3) is 4.09. The number of ether oxygens (including phenoxy) is 1. The second-order valence-corrected chi connectivity index (χ2v) is 2.99. The predicted octanol–water partition coefficient (Wildman–Crippen LogP) is -0.291. The van der Waals surface area contributed by atoms with Gasteiger partial charge in [0.15, 0.2) is 0 Å². The molecule has 1 amide bonds. The van der Waals surface area contributed by atoms with Crippen LogP contribution in [0, 0.1) is 0 Å². The zero-order valence-corrected chi connectivity index (χ0v) is 8.90. The fraction of sp³-hybridized carbons (Fsp3) is 0.444. The molecule has 1 aromatic rings. The second-order valence-electron chi connectivity index (χ2n) is 2.99. The molecule has 0 aliphatic heterocycles. The average molecular weight is 225 g/mol. The molecule has 0 aromatic carbocycles. The molecule has 0 saturated heterocycles. The molecule has 0 atom stereocenters. The Morgan fingerprint density at radius 2 is 2.44 bits per heavy atom. The van der Waals surface area contributed by atoms with E-state index in [1.165, 1.54) is 0 Å². The Morgan fingerprint density at radius 1 is 1.62 bits per heavy atom. The highest BCUT2D eigenvalue weighted by Gasteiger charge is 2.08. The van der Waals surface area contributed by atoms with Crippen molar-refractivity contribution in [3.63, 3.8) is 0 Å². The van der Waals surface area contributed by atoms with Crippen molar-refractivity contribution in [3.05, 3.63) is 18.5 Å². The van der Waals surface area contributed by atoms with Gasteiger partial charge < -0.3 is 15.8 Å². The topological polar surface area (TPSA) is 106 Å². The molecule has 1 rings (SSSR count). The van der Waals surface area contributed by atoms with Crippen LogP contribution < -0.4 is 11.1 Å². The minimum atomic E-state index is -0.350. The van der Waals surface area contributed by atoms with Crippen molar-refractivity contribution in [2.24, 2.45) is 0 Å². The number of nitrogens with one attached hydrogen (secondary N) is 2. The zero-order chi connectivity index (χ0) is 11.8. The lowest BCUT2D eigenvalue weighted by Gasteiger charge is -2.03. The monoisotopic (exact) mass is 225 g/mol. The van der Waals surface area contributed by atoms with Gasteiger partial charge in [0, 0.05) is 6.54 Å². The van der Waals surface area contributed by atoms with Crippen molar-refractivity contribution in [1.29, 1.82) is 0 Å². The molecule has 0 aliphatic rings. The van der Waals surface area contributed by atoms with E-state index in [1.807, 2.05) is 0 Å². The van der Waals surface area contributed by atoms with Gasteiger partial charge in [0.05, 0.1) is 13.2 Å². The highest BCUT2D eigenvalue weighted by Crippen LogP contribution is 1.91. The van der Waals surface area contributed by atoms with Gasteiger partial charge in [0.1, 0.15) is 0 Å². The lowest BCUT2D eigenvalue weighted by atomic mass is 10.4. The van der Waals surface area contributed by atoms with Crippen molar-refractivity contribution in [2.45, 2.75) is 6.42 Å². The quantitative estimate of drug-likeness (QED) is 0.436. The number of amides is 1. The van der Waals surface area contributed by atoms with Crippen LogP contribution in [0.3, 0.4) is 0 Å². The van der Waals surface area contributed by atoms with Gasteiger partial charge in [0.2, 0.25) is 11.8 Å². The number of aromatic amines is 1. The molecular formula is C9H15N5O2. The molecule has 1 heterocycles. The lowest BCUT2D eigenvalue weighted by Crippen LogP contribution is -2.28. The summed E-state index contributed by atoms with van der Waals surface area (Å²) in [5.74, 6) is -0.201. The van der Waals surface area contributed by atoms with Crippen LogP contribution in [0.25, 0.3) is 0 Å². The zero-order valence-electron chi connectivity index (χ0n) is 8.90. The summed E-state index contributed by atoms with van der Waals surface area (Å²) in [7, 11) is 0. The van der Waals surface area contributed by atoms with Crippen LogP contribution >= 0.6 is 0 Å². The highest BCUT2D eigenvalue weighted by molar-refractivity contribution is 5.90. The van der Waals surface area contributed by atoms with Crippen LogP contribution in [0.4, 0.5) is 5.95 Å². The maximum absolute atomic E-state index is 11.4. The van der Waals surface area contributed by atoms with E-state index in [2.05, 4.69) is 27.1 Å². The second kappa shape index (κ2) is 6.57. The van der Waals surface area contributed by atoms with Gasteiger partial charge in [-0.1, -0.05) is 6.08 Å². The number of carbonyl (C=O) groups excluding carboxylic acids is 1. The molecule has 88 valence electrons. The molecule has 0 unspecified atom stereocenters. The van der Waals surface area contributed by atoms with E-state index in [4.69, 9.17) is 10.5 Å². The largest absolute Gasteiger partial charge is 0.379 e. The Balaban J connectivity index is 2.13. The Kier molecular flexibility index (Phi) is 5.00. The number of nitrogens with two attached hydrogens (primary N) is 1. The molecule has 0 aliphatic carbocycles. The molecule has 7 nitrogen and oxygen atoms in total. The van der Waals surface area contributed by atoms with Crippen LogP contribution in [-0.4, -0.2) is 40.8 Å². The molecule has 0 radical (unpaired) electrons. The molecule has 0 spiro atoms. The number of aromatic nitrogens is 3. The van der Waals surface area contributed by atoms with Crippen molar-refractivity contribution in [3.8, 4) is 0 Å². The summed E-state index contributed by atoms with van der Waals surface area (Å²) in [6, 6.07) is 0. The van der Waals surface area contributed by atoms with Gasteiger partial charge in [0.25, 0.3) is 5.91 Å². The highest BCUT2D eigenvalue weighted by atomic mass is 16.5. The van der Waals surface area contributed by atoms with Crippen molar-refractivity contribution >= 4 is 11.9 Å². The van der Waals surface area contributed by atoms with Crippen LogP contribution in [0.5, 0.6) is 0 Å². The van der Waals surface area contributed by atoms with Gasteiger partial charge in [-0.15, -0.1) is 11.7 Å². The minimum absolute atomic E-state index is 0.0485. The van der Waals surface area contributed by atoms with Gasteiger partial charge in [-0.3, -0.25) is 9.89 Å². The molecule has 1 aromatic heterocycles. The standard InChI is InChI=1S/C9H15N5O2/c1-2-3-5-16-6-4-11-8(15)7-12-9(10)14-13-7/h2H,1,3-6H2,(H,11,15)(H3,10,12,13,14). The molecule has 4 N–H and O–H groups in total. The van der Waals surface area contributed by atoms with Crippen molar-refractivity contribution in [1.82, 2.24) is 20.5 Å². The number of carbonyl (C=O) groups is 1. The third-order valence-corrected chi connectivity index (χ3v) is 1.72. The first-order valence-corrected chi connectivity index (χ1v) is 4.88. The maximum Gasteiger partial charge on any atom is 0.288 e. The third-order valence-electron chi connectivity index (χ3n) is 1.72. The number of anilines is 1. The minimum Gasteiger partial charge on any atom is -0.379 e. The van der Waals surface area contributed by atoms with Crippen LogP contribution in [0.2, 0.25) is 0 Å². The van der Waals surface area contributed by atoms with Crippen LogP contribution in [-0.2, 0) is 4.74 Å². The fourth-order valence-corrected chi connectivity index (χ4v) is 0.966. The smallest absolute Gasteiger partial charge is 0.288 e. The first kappa shape index (κ1) is 12.2. The molecule has 0 fully saturated rings. The van der Waals surface area contributed by atoms with E-state index in [1.54, 1.807) is 6.08 Å². The Labute approximate surface area is 93.1 Å². The molecule has 0 saturated carbocycles. The van der Waals surface area contributed by atoms with E-state index in [-0.39, 0.29) is 17.7 Å². The normalized spacial score (nSPS) is 10.0. The van der Waals surface area contributed by atoms with Gasteiger partial charge in [-0.25, -0.2) is 0 Å². The Hall–Kier alpha value is -1.89.